The zero-order valence-electron chi connectivity index (χ0n) is 10.6. The maximum absolute atomic E-state index is 5.75. The van der Waals surface area contributed by atoms with E-state index in [2.05, 4.69) is 46.1 Å². The first-order chi connectivity index (χ1) is 9.29. The molecule has 1 unspecified atom stereocenters. The molecule has 0 saturated carbocycles. The summed E-state index contributed by atoms with van der Waals surface area (Å²) in [6.45, 7) is 1.98. The monoisotopic (exact) mass is 269 g/mol. The van der Waals surface area contributed by atoms with Crippen molar-refractivity contribution < 1.29 is 0 Å². The minimum atomic E-state index is -0.0238. The van der Waals surface area contributed by atoms with Gasteiger partial charge in [-0.3, -0.25) is 10.8 Å². The lowest BCUT2D eigenvalue weighted by Crippen LogP contribution is -2.28. The minimum absolute atomic E-state index is 0.0238. The quantitative estimate of drug-likeness (QED) is 0.567. The third kappa shape index (κ3) is 2.26. The second kappa shape index (κ2) is 5.09. The van der Waals surface area contributed by atoms with Crippen molar-refractivity contribution in [3.63, 3.8) is 0 Å². The summed E-state index contributed by atoms with van der Waals surface area (Å²) < 4.78 is 1.28. The third-order valence-electron chi connectivity index (χ3n) is 3.26. The first kappa shape index (κ1) is 12.3. The number of aryl methyl sites for hydroxylation is 1. The van der Waals surface area contributed by atoms with Crippen LogP contribution < -0.4 is 11.3 Å². The lowest BCUT2D eigenvalue weighted by molar-refractivity contribution is 0.639. The fraction of sp³-hybridized carbons (Fsp3) is 0.133. The van der Waals surface area contributed by atoms with E-state index >= 15 is 0 Å². The number of rotatable bonds is 3. The molecule has 19 heavy (non-hydrogen) atoms. The average molecular weight is 269 g/mol. The number of benzene rings is 1. The van der Waals surface area contributed by atoms with Crippen molar-refractivity contribution in [2.75, 3.05) is 0 Å². The molecule has 96 valence electrons. The Morgan fingerprint density at radius 1 is 1.21 bits per heavy atom. The van der Waals surface area contributed by atoms with Gasteiger partial charge in [0.1, 0.15) is 0 Å². The van der Waals surface area contributed by atoms with Crippen LogP contribution in [0.2, 0.25) is 0 Å². The lowest BCUT2D eigenvalue weighted by atomic mass is 10.00. The van der Waals surface area contributed by atoms with Crippen LogP contribution >= 0.6 is 11.3 Å². The van der Waals surface area contributed by atoms with Crippen molar-refractivity contribution in [2.45, 2.75) is 13.0 Å². The maximum atomic E-state index is 5.75. The minimum Gasteiger partial charge on any atom is -0.271 e. The highest BCUT2D eigenvalue weighted by molar-refractivity contribution is 7.17. The van der Waals surface area contributed by atoms with Crippen LogP contribution in [0.5, 0.6) is 0 Å². The van der Waals surface area contributed by atoms with Crippen LogP contribution in [-0.4, -0.2) is 4.98 Å². The van der Waals surface area contributed by atoms with Crippen LogP contribution in [0.1, 0.15) is 22.9 Å². The topological polar surface area (TPSA) is 50.9 Å². The van der Waals surface area contributed by atoms with E-state index in [9.17, 15) is 0 Å². The van der Waals surface area contributed by atoms with Crippen molar-refractivity contribution in [1.82, 2.24) is 10.4 Å². The van der Waals surface area contributed by atoms with Gasteiger partial charge in [0.15, 0.2) is 0 Å². The molecule has 0 aliphatic carbocycles. The molecule has 0 aliphatic rings. The van der Waals surface area contributed by atoms with Crippen LogP contribution in [-0.2, 0) is 0 Å². The summed E-state index contributed by atoms with van der Waals surface area (Å²) >= 11 is 1.74. The summed E-state index contributed by atoms with van der Waals surface area (Å²) in [6, 6.07) is 12.4. The lowest BCUT2D eigenvalue weighted by Gasteiger charge is -2.15. The van der Waals surface area contributed by atoms with Gasteiger partial charge in [-0.1, -0.05) is 24.3 Å². The molecular weight excluding hydrogens is 254 g/mol. The van der Waals surface area contributed by atoms with E-state index in [1.807, 2.05) is 19.2 Å². The Kier molecular flexibility index (Phi) is 3.29. The number of hydrogen-bond acceptors (Lipinski definition) is 4. The summed E-state index contributed by atoms with van der Waals surface area (Å²) in [5.41, 5.74) is 6.19. The molecule has 2 heterocycles. The van der Waals surface area contributed by atoms with Gasteiger partial charge in [-0.05, 0) is 40.9 Å². The molecule has 0 spiro atoms. The fourth-order valence-electron chi connectivity index (χ4n) is 2.24. The molecule has 0 fully saturated rings. The molecule has 0 bridgehead atoms. The normalized spacial score (nSPS) is 12.7. The summed E-state index contributed by atoms with van der Waals surface area (Å²) in [6.07, 6.45) is 1.88. The summed E-state index contributed by atoms with van der Waals surface area (Å²) in [7, 11) is 0. The second-order valence-corrected chi connectivity index (χ2v) is 5.43. The van der Waals surface area contributed by atoms with E-state index in [-0.39, 0.29) is 6.04 Å². The number of pyridine rings is 1. The van der Waals surface area contributed by atoms with Crippen LogP contribution in [0.3, 0.4) is 0 Å². The molecule has 0 saturated heterocycles. The molecule has 2 aromatic heterocycles. The van der Waals surface area contributed by atoms with Gasteiger partial charge in [0, 0.05) is 16.6 Å². The molecule has 0 aliphatic heterocycles. The van der Waals surface area contributed by atoms with Gasteiger partial charge in [-0.25, -0.2) is 5.43 Å². The van der Waals surface area contributed by atoms with Crippen LogP contribution in [0.4, 0.5) is 0 Å². The highest BCUT2D eigenvalue weighted by Gasteiger charge is 2.16. The predicted molar refractivity (Wildman–Crippen MR) is 80.0 cm³/mol. The number of hydrogen-bond donors (Lipinski definition) is 2. The first-order valence-corrected chi connectivity index (χ1v) is 7.02. The summed E-state index contributed by atoms with van der Waals surface area (Å²) in [5.74, 6) is 5.75. The molecule has 3 rings (SSSR count). The smallest absolute Gasteiger partial charge is 0.0739 e. The number of nitrogens with two attached hydrogens (primary N) is 1. The molecule has 3 N–H and O–H groups in total. The van der Waals surface area contributed by atoms with Crippen molar-refractivity contribution in [2.24, 2.45) is 5.84 Å². The molecule has 4 heteroatoms. The largest absolute Gasteiger partial charge is 0.271 e. The molecule has 1 atom stereocenters. The van der Waals surface area contributed by atoms with Crippen molar-refractivity contribution in [3.05, 3.63) is 64.8 Å². The Balaban J connectivity index is 2.09. The fourth-order valence-corrected chi connectivity index (χ4v) is 3.22. The number of nitrogens with one attached hydrogen (secondary N) is 1. The van der Waals surface area contributed by atoms with Crippen LogP contribution in [0, 0.1) is 6.92 Å². The van der Waals surface area contributed by atoms with Gasteiger partial charge < -0.3 is 0 Å². The van der Waals surface area contributed by atoms with Gasteiger partial charge in [0.05, 0.1) is 6.04 Å². The predicted octanol–water partition coefficient (Wildman–Crippen LogP) is 3.16. The SMILES string of the molecule is Cc1ccc(C(NN)c2csc3ccccc23)cn1. The molecule has 3 aromatic rings. The van der Waals surface area contributed by atoms with Gasteiger partial charge in [0.25, 0.3) is 0 Å². The Bertz CT molecular complexity index is 688. The zero-order valence-corrected chi connectivity index (χ0v) is 11.4. The van der Waals surface area contributed by atoms with E-state index < -0.39 is 0 Å². The van der Waals surface area contributed by atoms with E-state index in [0.29, 0.717) is 0 Å². The summed E-state index contributed by atoms with van der Waals surface area (Å²) in [5, 5.41) is 3.41. The molecule has 0 radical (unpaired) electrons. The standard InChI is InChI=1S/C15H15N3S/c1-10-6-7-11(8-17-10)15(18-16)13-9-19-14-5-3-2-4-12(13)14/h2-9,15,18H,16H2,1H3. The highest BCUT2D eigenvalue weighted by Crippen LogP contribution is 2.32. The molecule has 3 nitrogen and oxygen atoms in total. The van der Waals surface area contributed by atoms with Crippen LogP contribution in [0.15, 0.2) is 48.0 Å². The second-order valence-electron chi connectivity index (χ2n) is 4.52. The highest BCUT2D eigenvalue weighted by atomic mass is 32.1. The van der Waals surface area contributed by atoms with Crippen molar-refractivity contribution in [1.29, 1.82) is 0 Å². The van der Waals surface area contributed by atoms with Gasteiger partial charge in [0.2, 0.25) is 0 Å². The number of nitrogens with zero attached hydrogens (tertiary/aromatic N) is 1. The van der Waals surface area contributed by atoms with Crippen LogP contribution in [0.25, 0.3) is 10.1 Å². The first-order valence-electron chi connectivity index (χ1n) is 6.14. The molecule has 1 aromatic carbocycles. The van der Waals surface area contributed by atoms with E-state index in [1.54, 1.807) is 11.3 Å². The number of hydrazine groups is 1. The van der Waals surface area contributed by atoms with E-state index in [1.165, 1.54) is 15.6 Å². The maximum Gasteiger partial charge on any atom is 0.0739 e. The van der Waals surface area contributed by atoms with E-state index in [0.717, 1.165) is 11.3 Å². The average Bonchev–Trinajstić information content (AvgIpc) is 2.86. The van der Waals surface area contributed by atoms with Gasteiger partial charge in [-0.15, -0.1) is 11.3 Å². The Hall–Kier alpha value is -1.75. The number of aromatic nitrogens is 1. The number of thiophene rings is 1. The number of fused-ring (bicyclic) bond motifs is 1. The Labute approximate surface area is 116 Å². The Morgan fingerprint density at radius 2 is 2.05 bits per heavy atom. The summed E-state index contributed by atoms with van der Waals surface area (Å²) in [4.78, 5) is 4.35. The molecule has 0 amide bonds. The van der Waals surface area contributed by atoms with Gasteiger partial charge >= 0.3 is 0 Å². The van der Waals surface area contributed by atoms with Crippen molar-refractivity contribution in [3.8, 4) is 0 Å². The molecular formula is C15H15N3S. The van der Waals surface area contributed by atoms with Gasteiger partial charge in [-0.2, -0.15) is 0 Å². The Morgan fingerprint density at radius 3 is 2.79 bits per heavy atom. The zero-order chi connectivity index (χ0) is 13.2. The third-order valence-corrected chi connectivity index (χ3v) is 4.24. The van der Waals surface area contributed by atoms with E-state index in [4.69, 9.17) is 5.84 Å². The van der Waals surface area contributed by atoms with Crippen molar-refractivity contribution >= 4 is 21.4 Å².